The lowest BCUT2D eigenvalue weighted by molar-refractivity contribution is 0.0527. The van der Waals surface area contributed by atoms with Crippen molar-refractivity contribution >= 4 is 11.6 Å². The molecule has 0 bridgehead atoms. The third-order valence-electron chi connectivity index (χ3n) is 2.96. The molecule has 0 spiro atoms. The number of carbonyl (C=O) groups is 1. The van der Waals surface area contributed by atoms with Gasteiger partial charge in [-0.2, -0.15) is 19.0 Å². The molecule has 114 valence electrons. The van der Waals surface area contributed by atoms with Crippen LogP contribution in [0.4, 0.5) is 8.78 Å². The lowest BCUT2D eigenvalue weighted by Gasteiger charge is -2.01. The molecule has 0 fully saturated rings. The van der Waals surface area contributed by atoms with Gasteiger partial charge in [-0.05, 0) is 13.0 Å². The smallest absolute Gasteiger partial charge is 0.343 e. The number of aromatic nitrogens is 5. The number of rotatable bonds is 4. The highest BCUT2D eigenvalue weighted by Gasteiger charge is 2.16. The Labute approximate surface area is 123 Å². The van der Waals surface area contributed by atoms with E-state index < -0.39 is 12.5 Å². The highest BCUT2D eigenvalue weighted by atomic mass is 19.3. The first-order chi connectivity index (χ1) is 10.6. The number of hydrogen-bond acceptors (Lipinski definition) is 5. The Morgan fingerprint density at radius 1 is 1.36 bits per heavy atom. The van der Waals surface area contributed by atoms with Crippen LogP contribution in [-0.4, -0.2) is 37.0 Å². The molecule has 0 aromatic carbocycles. The number of ether oxygens (including phenoxy) is 1. The second-order valence-electron chi connectivity index (χ2n) is 4.35. The molecule has 0 saturated carbocycles. The van der Waals surface area contributed by atoms with Gasteiger partial charge in [0.05, 0.1) is 24.7 Å². The van der Waals surface area contributed by atoms with E-state index in [2.05, 4.69) is 15.2 Å². The summed E-state index contributed by atoms with van der Waals surface area (Å²) in [6.07, 6.45) is 5.40. The summed E-state index contributed by atoms with van der Waals surface area (Å²) in [7, 11) is 0. The van der Waals surface area contributed by atoms with Gasteiger partial charge in [-0.25, -0.2) is 19.0 Å². The first-order valence-electron chi connectivity index (χ1n) is 6.44. The van der Waals surface area contributed by atoms with Gasteiger partial charge in [-0.3, -0.25) is 0 Å². The molecule has 0 radical (unpaired) electrons. The largest absolute Gasteiger partial charge is 0.462 e. The minimum atomic E-state index is -2.72. The SMILES string of the molecule is CCOC(=O)c1cnn2ccc(-c3cnn(C(F)F)c3)nc12. The van der Waals surface area contributed by atoms with Gasteiger partial charge >= 0.3 is 12.5 Å². The molecule has 0 atom stereocenters. The van der Waals surface area contributed by atoms with Gasteiger partial charge in [0.15, 0.2) is 5.65 Å². The molecule has 0 aliphatic carbocycles. The van der Waals surface area contributed by atoms with Crippen molar-refractivity contribution in [2.24, 2.45) is 0 Å². The van der Waals surface area contributed by atoms with Crippen LogP contribution < -0.4 is 0 Å². The Morgan fingerprint density at radius 2 is 2.18 bits per heavy atom. The summed E-state index contributed by atoms with van der Waals surface area (Å²) < 4.78 is 32.0. The van der Waals surface area contributed by atoms with Gasteiger partial charge < -0.3 is 4.74 Å². The van der Waals surface area contributed by atoms with Crippen molar-refractivity contribution in [1.82, 2.24) is 24.4 Å². The van der Waals surface area contributed by atoms with E-state index in [1.165, 1.54) is 23.1 Å². The molecule has 0 aliphatic heterocycles. The van der Waals surface area contributed by atoms with Crippen LogP contribution >= 0.6 is 0 Å². The third-order valence-corrected chi connectivity index (χ3v) is 2.96. The maximum absolute atomic E-state index is 12.6. The van der Waals surface area contributed by atoms with Crippen molar-refractivity contribution < 1.29 is 18.3 Å². The van der Waals surface area contributed by atoms with Crippen LogP contribution in [0.2, 0.25) is 0 Å². The molecule has 22 heavy (non-hydrogen) atoms. The van der Waals surface area contributed by atoms with Crippen LogP contribution in [-0.2, 0) is 4.74 Å². The van der Waals surface area contributed by atoms with Gasteiger partial charge in [0.1, 0.15) is 5.56 Å². The molecule has 0 unspecified atom stereocenters. The monoisotopic (exact) mass is 307 g/mol. The van der Waals surface area contributed by atoms with E-state index in [1.54, 1.807) is 19.2 Å². The lowest BCUT2D eigenvalue weighted by Crippen LogP contribution is -2.05. The highest BCUT2D eigenvalue weighted by Crippen LogP contribution is 2.20. The molecular weight excluding hydrogens is 296 g/mol. The lowest BCUT2D eigenvalue weighted by atomic mass is 10.2. The molecule has 3 aromatic rings. The molecule has 0 amide bonds. The number of carbonyl (C=O) groups excluding carboxylic acids is 1. The topological polar surface area (TPSA) is 74.3 Å². The van der Waals surface area contributed by atoms with Crippen molar-refractivity contribution in [3.63, 3.8) is 0 Å². The predicted octanol–water partition coefficient (Wildman–Crippen LogP) is 2.16. The van der Waals surface area contributed by atoms with Crippen LogP contribution in [0.3, 0.4) is 0 Å². The molecule has 0 N–H and O–H groups in total. The average molecular weight is 307 g/mol. The molecule has 3 rings (SSSR count). The van der Waals surface area contributed by atoms with E-state index in [4.69, 9.17) is 4.74 Å². The van der Waals surface area contributed by atoms with E-state index in [0.717, 1.165) is 0 Å². The van der Waals surface area contributed by atoms with Gasteiger partial charge in [0.25, 0.3) is 0 Å². The van der Waals surface area contributed by atoms with E-state index in [0.29, 0.717) is 21.6 Å². The summed E-state index contributed by atoms with van der Waals surface area (Å²) >= 11 is 0. The molecule has 0 aliphatic rings. The average Bonchev–Trinajstić information content (AvgIpc) is 3.14. The fourth-order valence-corrected chi connectivity index (χ4v) is 1.96. The normalized spacial score (nSPS) is 11.3. The number of alkyl halides is 2. The zero-order chi connectivity index (χ0) is 15.7. The van der Waals surface area contributed by atoms with Gasteiger partial charge in [-0.1, -0.05) is 0 Å². The van der Waals surface area contributed by atoms with E-state index >= 15 is 0 Å². The second kappa shape index (κ2) is 5.51. The summed E-state index contributed by atoms with van der Waals surface area (Å²) in [5, 5.41) is 7.56. The van der Waals surface area contributed by atoms with Crippen LogP contribution in [0.25, 0.3) is 16.9 Å². The highest BCUT2D eigenvalue weighted by molar-refractivity contribution is 5.95. The zero-order valence-electron chi connectivity index (χ0n) is 11.5. The van der Waals surface area contributed by atoms with Crippen LogP contribution in [0.1, 0.15) is 23.8 Å². The van der Waals surface area contributed by atoms with Crippen molar-refractivity contribution in [3.05, 3.63) is 36.4 Å². The Morgan fingerprint density at radius 3 is 2.86 bits per heavy atom. The van der Waals surface area contributed by atoms with Crippen molar-refractivity contribution in [3.8, 4) is 11.3 Å². The minimum Gasteiger partial charge on any atom is -0.462 e. The second-order valence-corrected chi connectivity index (χ2v) is 4.35. The van der Waals surface area contributed by atoms with Crippen LogP contribution in [0, 0.1) is 0 Å². The number of fused-ring (bicyclic) bond motifs is 1. The van der Waals surface area contributed by atoms with E-state index in [-0.39, 0.29) is 12.2 Å². The van der Waals surface area contributed by atoms with Gasteiger partial charge in [-0.15, -0.1) is 0 Å². The Kier molecular flexibility index (Phi) is 3.53. The first kappa shape index (κ1) is 14.1. The maximum atomic E-state index is 12.6. The Balaban J connectivity index is 2.04. The molecule has 3 heterocycles. The van der Waals surface area contributed by atoms with Crippen LogP contribution in [0.5, 0.6) is 0 Å². The minimum absolute atomic E-state index is 0.213. The van der Waals surface area contributed by atoms with E-state index in [9.17, 15) is 13.6 Å². The summed E-state index contributed by atoms with van der Waals surface area (Å²) in [4.78, 5) is 16.1. The Hall–Kier alpha value is -2.84. The van der Waals surface area contributed by atoms with Gasteiger partial charge in [0, 0.05) is 18.0 Å². The predicted molar refractivity (Wildman–Crippen MR) is 71.4 cm³/mol. The summed E-state index contributed by atoms with van der Waals surface area (Å²) in [6, 6.07) is 1.60. The van der Waals surface area contributed by atoms with Crippen molar-refractivity contribution in [2.75, 3.05) is 6.61 Å². The molecule has 3 aromatic heterocycles. The number of hydrogen-bond donors (Lipinski definition) is 0. The molecule has 9 heteroatoms. The number of nitrogens with zero attached hydrogens (tertiary/aromatic N) is 5. The van der Waals surface area contributed by atoms with Crippen LogP contribution in [0.15, 0.2) is 30.9 Å². The number of esters is 1. The summed E-state index contributed by atoms with van der Waals surface area (Å²) in [5.41, 5.74) is 1.33. The standard InChI is InChI=1S/C13H11F2N5O2/c1-2-22-12(21)9-6-17-19-4-3-10(18-11(9)19)8-5-16-20(7-8)13(14)15/h3-7,13H,2H2,1H3. The van der Waals surface area contributed by atoms with Gasteiger partial charge in [0.2, 0.25) is 0 Å². The summed E-state index contributed by atoms with van der Waals surface area (Å²) in [6.45, 7) is -0.791. The third kappa shape index (κ3) is 2.41. The number of halogens is 2. The maximum Gasteiger partial charge on any atom is 0.343 e. The van der Waals surface area contributed by atoms with Crippen molar-refractivity contribution in [2.45, 2.75) is 13.5 Å². The molecule has 7 nitrogen and oxygen atoms in total. The molecule has 0 saturated heterocycles. The molecular formula is C13H11F2N5O2. The van der Waals surface area contributed by atoms with Crippen molar-refractivity contribution in [1.29, 1.82) is 0 Å². The quantitative estimate of drug-likeness (QED) is 0.691. The van der Waals surface area contributed by atoms with E-state index in [1.807, 2.05) is 0 Å². The summed E-state index contributed by atoms with van der Waals surface area (Å²) in [5.74, 6) is -0.537. The Bertz CT molecular complexity index is 827. The fourth-order valence-electron chi connectivity index (χ4n) is 1.96. The zero-order valence-corrected chi connectivity index (χ0v) is 11.5. The first-order valence-corrected chi connectivity index (χ1v) is 6.44. The fraction of sp³-hybridized carbons (Fsp3) is 0.231.